The second-order valence-corrected chi connectivity index (χ2v) is 9.21. The van der Waals surface area contributed by atoms with E-state index < -0.39 is 0 Å². The molecule has 0 bridgehead atoms. The van der Waals surface area contributed by atoms with Crippen LogP contribution in [0.4, 0.5) is 5.69 Å². The average molecular weight is 441 g/mol. The van der Waals surface area contributed by atoms with Crippen molar-refractivity contribution in [2.75, 3.05) is 37.8 Å². The molecule has 1 aromatic rings. The summed E-state index contributed by atoms with van der Waals surface area (Å²) in [6, 6.07) is 6.79. The molecule has 8 heteroatoms. The highest BCUT2D eigenvalue weighted by Crippen LogP contribution is 2.32. The molecule has 2 aliphatic heterocycles. The molecule has 2 N–H and O–H groups in total. The van der Waals surface area contributed by atoms with Gasteiger partial charge in [0.1, 0.15) is 0 Å². The molecule has 172 valence electrons. The van der Waals surface area contributed by atoms with E-state index in [1.165, 1.54) is 5.01 Å². The summed E-state index contributed by atoms with van der Waals surface area (Å²) in [6.07, 6.45) is 5.00. The minimum Gasteiger partial charge on any atom is -0.374 e. The fourth-order valence-corrected chi connectivity index (χ4v) is 4.66. The minimum atomic E-state index is -0.358. The third kappa shape index (κ3) is 5.02. The van der Waals surface area contributed by atoms with Gasteiger partial charge in [0.25, 0.3) is 5.91 Å². The Labute approximate surface area is 188 Å². The van der Waals surface area contributed by atoms with Gasteiger partial charge < -0.3 is 10.1 Å². The number of nitrogens with zero attached hydrogens (tertiary/aromatic N) is 2. The van der Waals surface area contributed by atoms with E-state index in [1.807, 2.05) is 12.2 Å². The molecule has 3 unspecified atom stereocenters. The van der Waals surface area contributed by atoms with E-state index >= 15 is 0 Å². The van der Waals surface area contributed by atoms with Gasteiger partial charge in [0, 0.05) is 31.7 Å². The lowest BCUT2D eigenvalue weighted by atomic mass is 9.80. The number of hydrazine groups is 1. The normalized spacial score (nSPS) is 26.1. The fourth-order valence-electron chi connectivity index (χ4n) is 4.66. The van der Waals surface area contributed by atoms with Crippen molar-refractivity contribution < 1.29 is 19.1 Å². The molecule has 0 spiro atoms. The van der Waals surface area contributed by atoms with Crippen LogP contribution in [0.25, 0.3) is 0 Å². The van der Waals surface area contributed by atoms with Crippen molar-refractivity contribution in [3.05, 3.63) is 42.0 Å². The van der Waals surface area contributed by atoms with E-state index in [0.29, 0.717) is 43.2 Å². The van der Waals surface area contributed by atoms with Gasteiger partial charge >= 0.3 is 0 Å². The molecular weight excluding hydrogens is 408 g/mol. The number of amides is 3. The van der Waals surface area contributed by atoms with E-state index in [2.05, 4.69) is 29.5 Å². The third-order valence-corrected chi connectivity index (χ3v) is 6.23. The Morgan fingerprint density at radius 2 is 2.00 bits per heavy atom. The molecule has 3 atom stereocenters. The van der Waals surface area contributed by atoms with Crippen LogP contribution in [0, 0.1) is 17.8 Å². The minimum absolute atomic E-state index is 0.0473. The number of benzene rings is 1. The molecule has 0 saturated carbocycles. The molecule has 3 aliphatic rings. The van der Waals surface area contributed by atoms with E-state index in [9.17, 15) is 14.4 Å². The number of hydrogen-bond donors (Lipinski definition) is 2. The summed E-state index contributed by atoms with van der Waals surface area (Å²) >= 11 is 0. The molecule has 0 radical (unpaired) electrons. The van der Waals surface area contributed by atoms with Gasteiger partial charge in [-0.3, -0.25) is 24.7 Å². The maximum Gasteiger partial charge on any atom is 0.251 e. The van der Waals surface area contributed by atoms with Crippen molar-refractivity contribution >= 4 is 23.4 Å². The summed E-state index contributed by atoms with van der Waals surface area (Å²) in [6.45, 7) is 8.20. The largest absolute Gasteiger partial charge is 0.374 e. The van der Waals surface area contributed by atoms with Crippen LogP contribution in [0.1, 0.15) is 37.0 Å². The summed E-state index contributed by atoms with van der Waals surface area (Å²) in [4.78, 5) is 40.6. The molecule has 32 heavy (non-hydrogen) atoms. The maximum atomic E-state index is 13.0. The van der Waals surface area contributed by atoms with Crippen molar-refractivity contribution in [3.63, 3.8) is 0 Å². The predicted octanol–water partition coefficient (Wildman–Crippen LogP) is 1.73. The molecular formula is C24H32N4O4. The number of morpholine rings is 1. The fraction of sp³-hybridized carbons (Fsp3) is 0.542. The van der Waals surface area contributed by atoms with Crippen LogP contribution >= 0.6 is 0 Å². The van der Waals surface area contributed by atoms with Gasteiger partial charge in [0.05, 0.1) is 30.2 Å². The van der Waals surface area contributed by atoms with Gasteiger partial charge in [-0.1, -0.05) is 32.1 Å². The Morgan fingerprint density at radius 3 is 2.78 bits per heavy atom. The van der Waals surface area contributed by atoms with Crippen molar-refractivity contribution in [2.45, 2.75) is 32.8 Å². The predicted molar refractivity (Wildman–Crippen MR) is 121 cm³/mol. The smallest absolute Gasteiger partial charge is 0.251 e. The van der Waals surface area contributed by atoms with Crippen LogP contribution in [0.3, 0.4) is 0 Å². The highest BCUT2D eigenvalue weighted by atomic mass is 16.5. The van der Waals surface area contributed by atoms with Crippen molar-refractivity contribution in [2.24, 2.45) is 17.8 Å². The number of hydrogen-bond acceptors (Lipinski definition) is 5. The Bertz CT molecular complexity index is 900. The lowest BCUT2D eigenvalue weighted by Crippen LogP contribution is -2.59. The van der Waals surface area contributed by atoms with Gasteiger partial charge in [-0.15, -0.1) is 0 Å². The second-order valence-electron chi connectivity index (χ2n) is 9.21. The molecule has 1 aliphatic carbocycles. The second kappa shape index (κ2) is 9.83. The lowest BCUT2D eigenvalue weighted by Gasteiger charge is -2.38. The standard InChI is InChI=1S/C24H32N4O4/c1-16(2)14-27-10-11-32-19(15-27)13-25-22(29)17-6-5-7-18(12-17)28-24(31)21-9-4-3-8-20(21)23(30)26-28/h3-7,12,16,19-21H,8-11,13-15H2,1-2H3,(H,25,29)(H,26,30). The molecule has 0 aromatic heterocycles. The van der Waals surface area contributed by atoms with Crippen LogP contribution in [0.15, 0.2) is 36.4 Å². The number of nitrogens with one attached hydrogen (secondary N) is 2. The monoisotopic (exact) mass is 440 g/mol. The van der Waals surface area contributed by atoms with Gasteiger partial charge in [-0.25, -0.2) is 5.01 Å². The zero-order valence-corrected chi connectivity index (χ0v) is 18.8. The summed E-state index contributed by atoms with van der Waals surface area (Å²) in [5.41, 5.74) is 3.63. The molecule has 2 saturated heterocycles. The Hall–Kier alpha value is -2.71. The average Bonchev–Trinajstić information content (AvgIpc) is 2.80. The number of carbonyl (C=O) groups is 3. The molecule has 8 nitrogen and oxygen atoms in total. The molecule has 4 rings (SSSR count). The zero-order chi connectivity index (χ0) is 22.7. The van der Waals surface area contributed by atoms with Crippen LogP contribution in [-0.2, 0) is 14.3 Å². The summed E-state index contributed by atoms with van der Waals surface area (Å²) in [7, 11) is 0. The van der Waals surface area contributed by atoms with Gasteiger partial charge in [-0.2, -0.15) is 0 Å². The number of anilines is 1. The van der Waals surface area contributed by atoms with E-state index in [0.717, 1.165) is 19.6 Å². The van der Waals surface area contributed by atoms with Crippen molar-refractivity contribution in [3.8, 4) is 0 Å². The Kier molecular flexibility index (Phi) is 6.91. The van der Waals surface area contributed by atoms with Gasteiger partial charge in [0.2, 0.25) is 11.8 Å². The molecule has 2 fully saturated rings. The first-order valence-electron chi connectivity index (χ1n) is 11.4. The molecule has 3 amide bonds. The topological polar surface area (TPSA) is 91.0 Å². The summed E-state index contributed by atoms with van der Waals surface area (Å²) < 4.78 is 5.81. The Balaban J connectivity index is 1.38. The highest BCUT2D eigenvalue weighted by Gasteiger charge is 2.42. The number of ether oxygens (including phenoxy) is 1. The van der Waals surface area contributed by atoms with Crippen molar-refractivity contribution in [1.82, 2.24) is 15.6 Å². The number of rotatable bonds is 6. The first-order chi connectivity index (χ1) is 15.4. The highest BCUT2D eigenvalue weighted by molar-refractivity contribution is 6.05. The lowest BCUT2D eigenvalue weighted by molar-refractivity contribution is -0.139. The van der Waals surface area contributed by atoms with Crippen LogP contribution < -0.4 is 15.8 Å². The van der Waals surface area contributed by atoms with Crippen molar-refractivity contribution in [1.29, 1.82) is 0 Å². The van der Waals surface area contributed by atoms with Gasteiger partial charge in [0.15, 0.2) is 0 Å². The quantitative estimate of drug-likeness (QED) is 0.658. The van der Waals surface area contributed by atoms with Gasteiger partial charge in [-0.05, 0) is 37.0 Å². The van der Waals surface area contributed by atoms with E-state index in [4.69, 9.17) is 4.74 Å². The van der Waals surface area contributed by atoms with Crippen LogP contribution in [0.2, 0.25) is 0 Å². The van der Waals surface area contributed by atoms with Crippen LogP contribution in [0.5, 0.6) is 0 Å². The summed E-state index contributed by atoms with van der Waals surface area (Å²) in [5, 5.41) is 4.23. The Morgan fingerprint density at radius 1 is 1.22 bits per heavy atom. The first-order valence-corrected chi connectivity index (χ1v) is 11.4. The number of fused-ring (bicyclic) bond motifs is 1. The van der Waals surface area contributed by atoms with E-state index in [1.54, 1.807) is 24.3 Å². The number of allylic oxidation sites excluding steroid dienone is 2. The maximum absolute atomic E-state index is 13.0. The molecule has 2 heterocycles. The zero-order valence-electron chi connectivity index (χ0n) is 18.8. The van der Waals surface area contributed by atoms with E-state index in [-0.39, 0.29) is 35.7 Å². The number of carbonyl (C=O) groups excluding carboxylic acids is 3. The SMILES string of the molecule is CC(C)CN1CCOC(CNC(=O)c2cccc(N3NC(=O)C4CC=CCC4C3=O)c2)C1. The molecule has 1 aromatic carbocycles. The summed E-state index contributed by atoms with van der Waals surface area (Å²) in [5.74, 6) is -0.620. The third-order valence-electron chi connectivity index (χ3n) is 6.23. The first kappa shape index (κ1) is 22.5. The van der Waals surface area contributed by atoms with Crippen LogP contribution in [-0.4, -0.2) is 61.5 Å².